The second kappa shape index (κ2) is 10.3. The van der Waals surface area contributed by atoms with E-state index in [1.165, 1.54) is 23.1 Å². The Morgan fingerprint density at radius 3 is 2.47 bits per heavy atom. The Morgan fingerprint density at radius 1 is 1.03 bits per heavy atom. The first-order chi connectivity index (χ1) is 15.6. The van der Waals surface area contributed by atoms with E-state index in [4.69, 9.17) is 26.1 Å². The van der Waals surface area contributed by atoms with Gasteiger partial charge in [-0.15, -0.1) is 11.8 Å². The summed E-state index contributed by atoms with van der Waals surface area (Å²) in [5.74, 6) is 1.65. The molecule has 0 aliphatic rings. The first-order valence-corrected chi connectivity index (χ1v) is 12.0. The Balaban J connectivity index is 1.63. The summed E-state index contributed by atoms with van der Waals surface area (Å²) in [5, 5.41) is 1.18. The van der Waals surface area contributed by atoms with E-state index < -0.39 is 0 Å². The summed E-state index contributed by atoms with van der Waals surface area (Å²) >= 11 is 9.28. The third-order valence-electron chi connectivity index (χ3n) is 4.80. The van der Waals surface area contributed by atoms with Crippen molar-refractivity contribution in [3.05, 3.63) is 77.3 Å². The predicted molar refractivity (Wildman–Crippen MR) is 133 cm³/mol. The molecule has 4 rings (SSSR count). The molecule has 1 heterocycles. The molecule has 4 aromatic rings. The first-order valence-electron chi connectivity index (χ1n) is 9.83. The molecule has 32 heavy (non-hydrogen) atoms. The Labute approximate surface area is 199 Å². The number of aromatic nitrogens is 1. The fourth-order valence-corrected chi connectivity index (χ4v) is 5.19. The minimum Gasteiger partial charge on any atom is -0.497 e. The molecule has 3 aromatic carbocycles. The summed E-state index contributed by atoms with van der Waals surface area (Å²) in [5.41, 5.74) is 1.68. The van der Waals surface area contributed by atoms with Crippen molar-refractivity contribution in [3.63, 3.8) is 0 Å². The number of halogens is 1. The number of hydrogen-bond acceptors (Lipinski definition) is 6. The molecule has 1 aromatic heterocycles. The lowest BCUT2D eigenvalue weighted by Crippen LogP contribution is -2.31. The van der Waals surface area contributed by atoms with Gasteiger partial charge in [0.15, 0.2) is 5.13 Å². The van der Waals surface area contributed by atoms with Crippen LogP contribution in [0.4, 0.5) is 5.13 Å². The highest BCUT2D eigenvalue weighted by Crippen LogP contribution is 2.39. The van der Waals surface area contributed by atoms with Crippen LogP contribution in [-0.4, -0.2) is 30.9 Å². The number of thiazole rings is 1. The smallest absolute Gasteiger partial charge is 0.239 e. The Hall–Kier alpha value is -2.74. The van der Waals surface area contributed by atoms with Gasteiger partial charge in [-0.1, -0.05) is 53.3 Å². The Kier molecular flexibility index (Phi) is 7.19. The van der Waals surface area contributed by atoms with Crippen LogP contribution < -0.4 is 14.4 Å². The number of fused-ring (bicyclic) bond motifs is 1. The van der Waals surface area contributed by atoms with Crippen molar-refractivity contribution in [2.45, 2.75) is 11.4 Å². The van der Waals surface area contributed by atoms with Gasteiger partial charge in [-0.25, -0.2) is 4.98 Å². The maximum Gasteiger partial charge on any atom is 0.239 e. The van der Waals surface area contributed by atoms with E-state index in [2.05, 4.69) is 0 Å². The molecule has 0 N–H and O–H groups in total. The van der Waals surface area contributed by atoms with Gasteiger partial charge in [0, 0.05) is 4.90 Å². The van der Waals surface area contributed by atoms with Crippen LogP contribution in [-0.2, 0) is 11.3 Å². The van der Waals surface area contributed by atoms with Crippen LogP contribution >= 0.6 is 34.7 Å². The summed E-state index contributed by atoms with van der Waals surface area (Å²) in [4.78, 5) is 20.8. The summed E-state index contributed by atoms with van der Waals surface area (Å²) in [6, 6.07) is 21.1. The van der Waals surface area contributed by atoms with Crippen molar-refractivity contribution in [1.82, 2.24) is 4.98 Å². The largest absolute Gasteiger partial charge is 0.497 e. The zero-order chi connectivity index (χ0) is 22.5. The molecule has 8 heteroatoms. The highest BCUT2D eigenvalue weighted by molar-refractivity contribution is 8.00. The van der Waals surface area contributed by atoms with Crippen LogP contribution in [0.1, 0.15) is 5.56 Å². The average molecular weight is 485 g/mol. The van der Waals surface area contributed by atoms with Crippen LogP contribution in [0.25, 0.3) is 10.2 Å². The lowest BCUT2D eigenvalue weighted by Gasteiger charge is -2.20. The summed E-state index contributed by atoms with van der Waals surface area (Å²) in [7, 11) is 3.23. The monoisotopic (exact) mass is 484 g/mol. The molecule has 0 atom stereocenters. The molecule has 0 saturated carbocycles. The molecule has 0 saturated heterocycles. The van der Waals surface area contributed by atoms with Gasteiger partial charge >= 0.3 is 0 Å². The average Bonchev–Trinajstić information content (AvgIpc) is 3.28. The molecule has 0 unspecified atom stereocenters. The van der Waals surface area contributed by atoms with Crippen LogP contribution in [0.5, 0.6) is 11.5 Å². The van der Waals surface area contributed by atoms with Gasteiger partial charge in [0.1, 0.15) is 17.0 Å². The van der Waals surface area contributed by atoms with Crippen LogP contribution in [0.2, 0.25) is 5.02 Å². The fraction of sp³-hybridized carbons (Fsp3) is 0.167. The van der Waals surface area contributed by atoms with Gasteiger partial charge in [-0.05, 0) is 42.0 Å². The summed E-state index contributed by atoms with van der Waals surface area (Å²) < 4.78 is 11.4. The number of rotatable bonds is 8. The van der Waals surface area contributed by atoms with Gasteiger partial charge in [0.2, 0.25) is 5.91 Å². The lowest BCUT2D eigenvalue weighted by atomic mass is 10.2. The van der Waals surface area contributed by atoms with Gasteiger partial charge in [-0.2, -0.15) is 0 Å². The number of amides is 1. The number of anilines is 1. The molecular formula is C24H21ClN2O3S2. The molecule has 0 bridgehead atoms. The van der Waals surface area contributed by atoms with E-state index >= 15 is 0 Å². The van der Waals surface area contributed by atoms with Crippen molar-refractivity contribution in [3.8, 4) is 11.5 Å². The maximum absolute atomic E-state index is 13.3. The minimum absolute atomic E-state index is 0.0381. The maximum atomic E-state index is 13.3. The van der Waals surface area contributed by atoms with Crippen molar-refractivity contribution in [1.29, 1.82) is 0 Å². The number of thioether (sulfide) groups is 1. The fourth-order valence-electron chi connectivity index (χ4n) is 3.14. The third-order valence-corrected chi connectivity index (χ3v) is 7.34. The predicted octanol–water partition coefficient (Wildman–Crippen LogP) is 6.29. The highest BCUT2D eigenvalue weighted by Gasteiger charge is 2.22. The van der Waals surface area contributed by atoms with Gasteiger partial charge < -0.3 is 9.47 Å². The van der Waals surface area contributed by atoms with Gasteiger partial charge in [0.05, 0.1) is 36.2 Å². The molecule has 0 fully saturated rings. The molecule has 0 aliphatic heterocycles. The molecule has 164 valence electrons. The Morgan fingerprint density at radius 2 is 1.78 bits per heavy atom. The number of ether oxygens (including phenoxy) is 2. The third kappa shape index (κ3) is 5.01. The summed E-state index contributed by atoms with van der Waals surface area (Å²) in [6.07, 6.45) is 0. The summed E-state index contributed by atoms with van der Waals surface area (Å²) in [6.45, 7) is 0.419. The van der Waals surface area contributed by atoms with E-state index in [9.17, 15) is 4.79 Å². The molecular weight excluding hydrogens is 464 g/mol. The van der Waals surface area contributed by atoms with Crippen molar-refractivity contribution >= 4 is 56.0 Å². The number of benzene rings is 3. The molecule has 0 radical (unpaired) electrons. The second-order valence-corrected chi connectivity index (χ2v) is 9.29. The van der Waals surface area contributed by atoms with Crippen LogP contribution in [0, 0.1) is 0 Å². The number of methoxy groups -OCH3 is 2. The topological polar surface area (TPSA) is 51.7 Å². The zero-order valence-corrected chi connectivity index (χ0v) is 20.0. The number of carbonyl (C=O) groups is 1. The van der Waals surface area contributed by atoms with Crippen LogP contribution in [0.15, 0.2) is 71.6 Å². The zero-order valence-electron chi connectivity index (χ0n) is 17.6. The van der Waals surface area contributed by atoms with Crippen molar-refractivity contribution in [2.24, 2.45) is 0 Å². The molecule has 0 spiro atoms. The van der Waals surface area contributed by atoms with E-state index in [1.54, 1.807) is 31.3 Å². The lowest BCUT2D eigenvalue weighted by molar-refractivity contribution is -0.116. The van der Waals surface area contributed by atoms with Crippen molar-refractivity contribution < 1.29 is 14.3 Å². The van der Waals surface area contributed by atoms with E-state index in [0.717, 1.165) is 20.9 Å². The molecule has 5 nitrogen and oxygen atoms in total. The number of hydrogen-bond donors (Lipinski definition) is 0. The Bertz CT molecular complexity index is 1210. The SMILES string of the molecule is COc1ccc(SCC(=O)N(Cc2ccccc2)c2nc3c(OC)ccc(Cl)c3s2)cc1. The quantitative estimate of drug-likeness (QED) is 0.275. The number of nitrogens with zero attached hydrogens (tertiary/aromatic N) is 2. The molecule has 0 aliphatic carbocycles. The van der Waals surface area contributed by atoms with Gasteiger partial charge in [-0.3, -0.25) is 9.69 Å². The normalized spacial score (nSPS) is 10.8. The van der Waals surface area contributed by atoms with E-state index in [-0.39, 0.29) is 11.7 Å². The van der Waals surface area contributed by atoms with E-state index in [0.29, 0.717) is 28.0 Å². The standard InChI is InChI=1S/C24H21ClN2O3S2/c1-29-17-8-10-18(11-9-17)31-15-21(28)27(14-16-6-4-3-5-7-16)24-26-22-20(30-2)13-12-19(25)23(22)32-24/h3-13H,14-15H2,1-2H3. The molecule has 1 amide bonds. The second-order valence-electron chi connectivity index (χ2n) is 6.85. The number of carbonyl (C=O) groups excluding carboxylic acids is 1. The highest BCUT2D eigenvalue weighted by atomic mass is 35.5. The minimum atomic E-state index is -0.0381. The van der Waals surface area contributed by atoms with E-state index in [1.807, 2.05) is 54.6 Å². The van der Waals surface area contributed by atoms with Crippen LogP contribution in [0.3, 0.4) is 0 Å². The first kappa shape index (κ1) is 22.5. The van der Waals surface area contributed by atoms with Gasteiger partial charge in [0.25, 0.3) is 0 Å². The van der Waals surface area contributed by atoms with Crippen molar-refractivity contribution in [2.75, 3.05) is 24.9 Å².